The van der Waals surface area contributed by atoms with Crippen LogP contribution >= 0.6 is 11.6 Å². The van der Waals surface area contributed by atoms with Crippen molar-refractivity contribution in [3.05, 3.63) is 118 Å². The molecule has 0 saturated carbocycles. The predicted octanol–water partition coefficient (Wildman–Crippen LogP) is 6.36. The van der Waals surface area contributed by atoms with Crippen LogP contribution in [-0.4, -0.2) is 20.0 Å². The van der Waals surface area contributed by atoms with E-state index in [0.29, 0.717) is 38.9 Å². The highest BCUT2D eigenvalue weighted by Crippen LogP contribution is 2.34. The van der Waals surface area contributed by atoms with Crippen molar-refractivity contribution in [3.63, 3.8) is 0 Å². The van der Waals surface area contributed by atoms with Gasteiger partial charge >= 0.3 is 5.69 Å². The molecule has 1 N–H and O–H groups in total. The molecule has 0 aliphatic carbocycles. The summed E-state index contributed by atoms with van der Waals surface area (Å²) >= 11 is 6.62. The largest absolute Gasteiger partial charge is 0.456 e. The Balaban J connectivity index is 1.60. The fourth-order valence-corrected chi connectivity index (χ4v) is 4.34. The van der Waals surface area contributed by atoms with Crippen molar-refractivity contribution >= 4 is 34.2 Å². The van der Waals surface area contributed by atoms with Gasteiger partial charge in [0.15, 0.2) is 0 Å². The van der Waals surface area contributed by atoms with Gasteiger partial charge in [0.25, 0.3) is 0 Å². The molecule has 0 bridgehead atoms. The second-order valence-electron chi connectivity index (χ2n) is 8.48. The highest BCUT2D eigenvalue weighted by Gasteiger charge is 2.18. The molecular weight excluding hydrogens is 488 g/mol. The Morgan fingerprint density at radius 2 is 1.73 bits per heavy atom. The predicted molar refractivity (Wildman–Crippen MR) is 146 cm³/mol. The number of aromatic nitrogens is 3. The third kappa shape index (κ3) is 4.52. The number of carbonyl (C=O) groups is 1. The summed E-state index contributed by atoms with van der Waals surface area (Å²) in [5.74, 6) is 0.865. The molecule has 2 heterocycles. The molecular formula is C29H23ClN4O3. The van der Waals surface area contributed by atoms with E-state index >= 15 is 0 Å². The van der Waals surface area contributed by atoms with Crippen LogP contribution in [-0.2, 0) is 4.79 Å². The van der Waals surface area contributed by atoms with Crippen molar-refractivity contribution in [2.45, 2.75) is 13.8 Å². The van der Waals surface area contributed by atoms with E-state index in [9.17, 15) is 9.59 Å². The number of fused-ring (bicyclic) bond motifs is 1. The zero-order valence-electron chi connectivity index (χ0n) is 20.2. The van der Waals surface area contributed by atoms with E-state index < -0.39 is 0 Å². The average molecular weight is 511 g/mol. The summed E-state index contributed by atoms with van der Waals surface area (Å²) in [5.41, 5.74) is 4.78. The summed E-state index contributed by atoms with van der Waals surface area (Å²) in [6.45, 7) is 7.49. The molecule has 0 saturated heterocycles. The van der Waals surface area contributed by atoms with Gasteiger partial charge in [-0.15, -0.1) is 0 Å². The smallest absolute Gasteiger partial charge is 0.338 e. The second kappa shape index (κ2) is 9.79. The zero-order chi connectivity index (χ0) is 26.1. The Labute approximate surface area is 218 Å². The Morgan fingerprint density at radius 3 is 2.51 bits per heavy atom. The van der Waals surface area contributed by atoms with Gasteiger partial charge in [-0.1, -0.05) is 36.4 Å². The van der Waals surface area contributed by atoms with Crippen LogP contribution in [0.5, 0.6) is 11.5 Å². The van der Waals surface area contributed by atoms with Crippen LogP contribution in [0.15, 0.2) is 96.6 Å². The first-order valence-corrected chi connectivity index (χ1v) is 11.9. The van der Waals surface area contributed by atoms with Crippen LogP contribution in [0.2, 0.25) is 5.02 Å². The van der Waals surface area contributed by atoms with Crippen molar-refractivity contribution in [3.8, 4) is 22.9 Å². The van der Waals surface area contributed by atoms with Gasteiger partial charge in [-0.25, -0.2) is 4.79 Å². The van der Waals surface area contributed by atoms with Crippen molar-refractivity contribution in [2.75, 3.05) is 5.32 Å². The van der Waals surface area contributed by atoms with Gasteiger partial charge in [0.1, 0.15) is 11.5 Å². The number of halogens is 1. The molecule has 1 amide bonds. The van der Waals surface area contributed by atoms with Crippen LogP contribution in [0.1, 0.15) is 11.1 Å². The minimum absolute atomic E-state index is 0.311. The molecule has 0 unspecified atom stereocenters. The normalized spacial score (nSPS) is 10.9. The number of benzene rings is 3. The molecule has 5 rings (SSSR count). The molecule has 37 heavy (non-hydrogen) atoms. The number of ether oxygens (including phenoxy) is 1. The number of imidazole rings is 1. The van der Waals surface area contributed by atoms with Gasteiger partial charge in [-0.3, -0.25) is 18.9 Å². The Kier molecular flexibility index (Phi) is 6.38. The van der Waals surface area contributed by atoms with E-state index in [-0.39, 0.29) is 11.6 Å². The van der Waals surface area contributed by atoms with E-state index in [0.717, 1.165) is 16.9 Å². The Morgan fingerprint density at radius 1 is 0.973 bits per heavy atom. The molecule has 7 nitrogen and oxygen atoms in total. The summed E-state index contributed by atoms with van der Waals surface area (Å²) in [4.78, 5) is 29.8. The van der Waals surface area contributed by atoms with Gasteiger partial charge in [-0.05, 0) is 79.6 Å². The second-order valence-corrected chi connectivity index (χ2v) is 8.88. The molecule has 5 aromatic rings. The molecule has 2 aromatic heterocycles. The van der Waals surface area contributed by atoms with Gasteiger partial charge in [0, 0.05) is 11.9 Å². The minimum Gasteiger partial charge on any atom is -0.456 e. The molecule has 0 aliphatic rings. The number of hydrogen-bond donors (Lipinski definition) is 1. The lowest BCUT2D eigenvalue weighted by Gasteiger charge is -2.13. The van der Waals surface area contributed by atoms with Crippen LogP contribution in [0.25, 0.3) is 22.4 Å². The molecule has 8 heteroatoms. The van der Waals surface area contributed by atoms with Gasteiger partial charge in [0.2, 0.25) is 5.91 Å². The summed E-state index contributed by atoms with van der Waals surface area (Å²) in [6, 6.07) is 19.9. The third-order valence-electron chi connectivity index (χ3n) is 6.15. The number of nitrogens with zero attached hydrogens (tertiary/aromatic N) is 3. The maximum absolute atomic E-state index is 13.8. The lowest BCUT2D eigenvalue weighted by atomic mass is 10.1. The van der Waals surface area contributed by atoms with E-state index in [2.05, 4.69) is 16.9 Å². The maximum atomic E-state index is 13.8. The summed E-state index contributed by atoms with van der Waals surface area (Å²) in [6.07, 6.45) is 4.44. The Bertz CT molecular complexity index is 1740. The number of pyridine rings is 1. The third-order valence-corrected chi connectivity index (χ3v) is 6.44. The molecule has 0 fully saturated rings. The monoisotopic (exact) mass is 510 g/mol. The van der Waals surface area contributed by atoms with Gasteiger partial charge in [0.05, 0.1) is 33.6 Å². The first-order valence-electron chi connectivity index (χ1n) is 11.5. The van der Waals surface area contributed by atoms with E-state index in [4.69, 9.17) is 16.3 Å². The minimum atomic E-state index is -0.339. The molecule has 0 spiro atoms. The highest BCUT2D eigenvalue weighted by molar-refractivity contribution is 6.32. The Hall–Kier alpha value is -4.62. The number of carbonyl (C=O) groups excluding carboxylic acids is 1. The van der Waals surface area contributed by atoms with Crippen LogP contribution < -0.4 is 15.7 Å². The molecule has 0 aliphatic heterocycles. The van der Waals surface area contributed by atoms with Gasteiger partial charge in [-0.2, -0.15) is 0 Å². The zero-order valence-corrected chi connectivity index (χ0v) is 21.0. The first-order chi connectivity index (χ1) is 17.9. The van der Waals surface area contributed by atoms with E-state index in [1.165, 1.54) is 6.08 Å². The van der Waals surface area contributed by atoms with Crippen LogP contribution in [0, 0.1) is 13.8 Å². The summed E-state index contributed by atoms with van der Waals surface area (Å²) in [7, 11) is 0. The summed E-state index contributed by atoms with van der Waals surface area (Å²) < 4.78 is 9.19. The average Bonchev–Trinajstić information content (AvgIpc) is 3.19. The van der Waals surface area contributed by atoms with Crippen molar-refractivity contribution in [1.29, 1.82) is 0 Å². The number of rotatable bonds is 6. The van der Waals surface area contributed by atoms with Crippen LogP contribution in [0.4, 0.5) is 5.69 Å². The lowest BCUT2D eigenvalue weighted by Crippen LogP contribution is -2.22. The van der Waals surface area contributed by atoms with Crippen molar-refractivity contribution in [2.24, 2.45) is 0 Å². The number of aryl methyl sites for hydroxylation is 1. The van der Waals surface area contributed by atoms with E-state index in [1.54, 1.807) is 70.1 Å². The number of nitrogens with one attached hydrogen (secondary N) is 1. The SMILES string of the molecule is C=CC(=O)Nc1cccc(-n2c(=O)n(-c3ccc(Oc4cccc(C)c4C)c(Cl)c3)c3cnccc32)c1. The summed E-state index contributed by atoms with van der Waals surface area (Å²) in [5, 5.41) is 3.09. The number of anilines is 1. The van der Waals surface area contributed by atoms with Gasteiger partial charge < -0.3 is 10.1 Å². The number of hydrogen-bond acceptors (Lipinski definition) is 4. The molecule has 0 radical (unpaired) electrons. The standard InChI is InChI=1S/C29H23ClN4O3/c1-4-28(35)32-20-8-6-9-21(15-20)33-24-13-14-31-17-25(24)34(29(33)36)22-11-12-27(23(30)16-22)37-26-10-5-7-18(2)19(26)3/h4-17H,1H2,2-3H3,(H,32,35). The topological polar surface area (TPSA) is 78.2 Å². The maximum Gasteiger partial charge on any atom is 0.338 e. The molecule has 3 aromatic carbocycles. The number of amides is 1. The van der Waals surface area contributed by atoms with Crippen molar-refractivity contribution < 1.29 is 9.53 Å². The fourth-order valence-electron chi connectivity index (χ4n) is 4.13. The first kappa shape index (κ1) is 24.1. The van der Waals surface area contributed by atoms with Crippen LogP contribution in [0.3, 0.4) is 0 Å². The molecule has 184 valence electrons. The van der Waals surface area contributed by atoms with E-state index in [1.807, 2.05) is 32.0 Å². The highest BCUT2D eigenvalue weighted by atomic mass is 35.5. The quantitative estimate of drug-likeness (QED) is 0.269. The van der Waals surface area contributed by atoms with Crippen molar-refractivity contribution in [1.82, 2.24) is 14.1 Å². The fraction of sp³-hybridized carbons (Fsp3) is 0.0690. The lowest BCUT2D eigenvalue weighted by molar-refractivity contribution is -0.111. The molecule has 0 atom stereocenters.